The highest BCUT2D eigenvalue weighted by Crippen LogP contribution is 2.39. The molecule has 43 heavy (non-hydrogen) atoms. The molecule has 0 aromatic heterocycles. The molecule has 0 aliphatic carbocycles. The minimum atomic E-state index is 0.729. The lowest BCUT2D eigenvalue weighted by molar-refractivity contribution is 0.415. The third kappa shape index (κ3) is 4.96. The van der Waals surface area contributed by atoms with E-state index >= 15 is 0 Å². The Balaban J connectivity index is 1.23. The van der Waals surface area contributed by atoms with Crippen LogP contribution >= 0.6 is 0 Å². The molecule has 0 saturated carbocycles. The number of anilines is 3. The number of nitriles is 1. The summed E-state index contributed by atoms with van der Waals surface area (Å²) in [4.78, 5) is 2.29. The number of hydrogen-bond donors (Lipinski definition) is 0. The summed E-state index contributed by atoms with van der Waals surface area (Å²) in [6.07, 6.45) is 4.26. The lowest BCUT2D eigenvalue weighted by atomic mass is 9.96. The summed E-state index contributed by atoms with van der Waals surface area (Å²) >= 11 is 0. The molecule has 0 aliphatic heterocycles. The third-order valence-corrected chi connectivity index (χ3v) is 7.96. The van der Waals surface area contributed by atoms with E-state index in [1.165, 1.54) is 10.8 Å². The number of benzene rings is 7. The topological polar surface area (TPSA) is 36.3 Å². The van der Waals surface area contributed by atoms with Crippen LogP contribution in [-0.2, 0) is 0 Å². The fraction of sp³-hybridized carbons (Fsp3) is 0.0250. The number of methoxy groups -OCH3 is 1. The molecular formula is C40H28N2O. The second-order valence-corrected chi connectivity index (χ2v) is 10.5. The molecule has 3 heteroatoms. The Morgan fingerprint density at radius 1 is 0.558 bits per heavy atom. The van der Waals surface area contributed by atoms with Gasteiger partial charge in [-0.05, 0) is 81.9 Å². The predicted molar refractivity (Wildman–Crippen MR) is 180 cm³/mol. The highest BCUT2D eigenvalue weighted by Gasteiger charge is 2.15. The second-order valence-electron chi connectivity index (χ2n) is 10.5. The van der Waals surface area contributed by atoms with Crippen molar-refractivity contribution in [2.75, 3.05) is 12.0 Å². The molecule has 0 spiro atoms. The quantitative estimate of drug-likeness (QED) is 0.152. The van der Waals surface area contributed by atoms with Crippen molar-refractivity contribution in [3.05, 3.63) is 156 Å². The van der Waals surface area contributed by atoms with Gasteiger partial charge in [0.1, 0.15) is 11.8 Å². The van der Waals surface area contributed by atoms with Crippen LogP contribution in [0.15, 0.2) is 140 Å². The standard InChI is InChI=1S/C40H28N2O/c1-43-35-22-20-34(21-23-35)42(40-12-6-9-30-7-2-5-11-38(30)40)33-18-15-28(16-19-33)13-14-29-17-24-37-32(25-29)26-31-8-3-4-10-36(31)39(37)27-41/h2-26H,1H3. The average Bonchev–Trinajstić information content (AvgIpc) is 3.07. The van der Waals surface area contributed by atoms with Crippen molar-refractivity contribution in [3.63, 3.8) is 0 Å². The molecule has 0 aliphatic rings. The summed E-state index contributed by atoms with van der Waals surface area (Å²) < 4.78 is 5.42. The number of ether oxygens (including phenoxy) is 1. The molecular weight excluding hydrogens is 524 g/mol. The SMILES string of the molecule is COc1ccc(N(c2ccc(C=Cc3ccc4c(C#N)c5ccccc5cc4c3)cc2)c2cccc3ccccc23)cc1. The summed E-state index contributed by atoms with van der Waals surface area (Å²) in [6.45, 7) is 0. The van der Waals surface area contributed by atoms with Gasteiger partial charge >= 0.3 is 0 Å². The van der Waals surface area contributed by atoms with Crippen LogP contribution in [0.4, 0.5) is 17.1 Å². The van der Waals surface area contributed by atoms with Crippen molar-refractivity contribution in [1.29, 1.82) is 5.26 Å². The molecule has 0 unspecified atom stereocenters. The van der Waals surface area contributed by atoms with Crippen LogP contribution in [0.2, 0.25) is 0 Å². The first kappa shape index (κ1) is 26.1. The number of fused-ring (bicyclic) bond motifs is 3. The van der Waals surface area contributed by atoms with Gasteiger partial charge in [-0.25, -0.2) is 0 Å². The first-order chi connectivity index (χ1) is 21.2. The molecule has 0 radical (unpaired) electrons. The van der Waals surface area contributed by atoms with E-state index in [2.05, 4.69) is 132 Å². The van der Waals surface area contributed by atoms with E-state index in [0.29, 0.717) is 0 Å². The summed E-state index contributed by atoms with van der Waals surface area (Å²) in [7, 11) is 1.69. The van der Waals surface area contributed by atoms with Crippen LogP contribution in [-0.4, -0.2) is 7.11 Å². The van der Waals surface area contributed by atoms with Crippen molar-refractivity contribution in [1.82, 2.24) is 0 Å². The smallest absolute Gasteiger partial charge is 0.119 e. The summed E-state index contributed by atoms with van der Waals surface area (Å²) in [5.41, 5.74) is 6.17. The van der Waals surface area contributed by atoms with Gasteiger partial charge in [0.15, 0.2) is 0 Å². The molecule has 7 rings (SSSR count). The second kappa shape index (κ2) is 11.2. The van der Waals surface area contributed by atoms with Crippen LogP contribution in [0.1, 0.15) is 16.7 Å². The van der Waals surface area contributed by atoms with E-state index in [0.717, 1.165) is 61.0 Å². The van der Waals surface area contributed by atoms with E-state index in [9.17, 15) is 5.26 Å². The maximum absolute atomic E-state index is 9.86. The van der Waals surface area contributed by atoms with Crippen molar-refractivity contribution in [2.24, 2.45) is 0 Å². The molecule has 0 atom stereocenters. The third-order valence-electron chi connectivity index (χ3n) is 7.96. The lowest BCUT2D eigenvalue weighted by Gasteiger charge is -2.27. The van der Waals surface area contributed by atoms with Gasteiger partial charge in [-0.3, -0.25) is 0 Å². The molecule has 0 heterocycles. The van der Waals surface area contributed by atoms with Gasteiger partial charge in [-0.2, -0.15) is 5.26 Å². The summed E-state index contributed by atoms with van der Waals surface area (Å²) in [5, 5.41) is 16.4. The van der Waals surface area contributed by atoms with Gasteiger partial charge in [0.05, 0.1) is 18.4 Å². The van der Waals surface area contributed by atoms with E-state index in [4.69, 9.17) is 4.74 Å². The molecule has 0 amide bonds. The van der Waals surface area contributed by atoms with Crippen molar-refractivity contribution >= 4 is 61.5 Å². The van der Waals surface area contributed by atoms with Gasteiger partial charge in [0, 0.05) is 27.5 Å². The number of nitrogens with zero attached hydrogens (tertiary/aromatic N) is 2. The Hall–Kier alpha value is -5.85. The fourth-order valence-electron chi connectivity index (χ4n) is 5.80. The number of rotatable bonds is 6. The van der Waals surface area contributed by atoms with Gasteiger partial charge in [-0.1, -0.05) is 97.1 Å². The predicted octanol–water partition coefficient (Wildman–Crippen LogP) is 10.7. The van der Waals surface area contributed by atoms with E-state index < -0.39 is 0 Å². The van der Waals surface area contributed by atoms with Crippen molar-refractivity contribution in [2.45, 2.75) is 0 Å². The molecule has 7 aromatic rings. The minimum Gasteiger partial charge on any atom is -0.497 e. The molecule has 0 fully saturated rings. The molecule has 0 bridgehead atoms. The van der Waals surface area contributed by atoms with Crippen LogP contribution < -0.4 is 9.64 Å². The first-order valence-electron chi connectivity index (χ1n) is 14.3. The molecule has 3 nitrogen and oxygen atoms in total. The highest BCUT2D eigenvalue weighted by molar-refractivity contribution is 6.05. The minimum absolute atomic E-state index is 0.729. The molecule has 204 valence electrons. The maximum atomic E-state index is 9.86. The zero-order valence-electron chi connectivity index (χ0n) is 23.7. The van der Waals surface area contributed by atoms with Crippen LogP contribution in [0, 0.1) is 11.3 Å². The van der Waals surface area contributed by atoms with Crippen molar-refractivity contribution < 1.29 is 4.74 Å². The first-order valence-corrected chi connectivity index (χ1v) is 14.3. The highest BCUT2D eigenvalue weighted by atomic mass is 16.5. The zero-order valence-corrected chi connectivity index (χ0v) is 23.7. The molecule has 7 aromatic carbocycles. The summed E-state index contributed by atoms with van der Waals surface area (Å²) in [5.74, 6) is 0.827. The van der Waals surface area contributed by atoms with Crippen LogP contribution in [0.5, 0.6) is 5.75 Å². The van der Waals surface area contributed by atoms with Crippen molar-refractivity contribution in [3.8, 4) is 11.8 Å². The van der Waals surface area contributed by atoms with Gasteiger partial charge in [-0.15, -0.1) is 0 Å². The molecule has 0 N–H and O–H groups in total. The Kier molecular flexibility index (Phi) is 6.79. The fourth-order valence-corrected chi connectivity index (χ4v) is 5.80. The molecule has 0 saturated heterocycles. The van der Waals surface area contributed by atoms with Gasteiger partial charge in [0.2, 0.25) is 0 Å². The Morgan fingerprint density at radius 2 is 1.16 bits per heavy atom. The average molecular weight is 553 g/mol. The maximum Gasteiger partial charge on any atom is 0.119 e. The van der Waals surface area contributed by atoms with E-state index in [1.807, 2.05) is 30.3 Å². The van der Waals surface area contributed by atoms with Crippen LogP contribution in [0.25, 0.3) is 44.5 Å². The van der Waals surface area contributed by atoms with Gasteiger partial charge < -0.3 is 9.64 Å². The Morgan fingerprint density at radius 3 is 1.91 bits per heavy atom. The normalized spacial score (nSPS) is 11.3. The summed E-state index contributed by atoms with van der Waals surface area (Å²) in [6, 6.07) is 50.6. The zero-order chi connectivity index (χ0) is 29.2. The Bertz CT molecular complexity index is 2170. The Labute approximate surface area is 251 Å². The lowest BCUT2D eigenvalue weighted by Crippen LogP contribution is -2.10. The monoisotopic (exact) mass is 552 g/mol. The van der Waals surface area contributed by atoms with E-state index in [1.54, 1.807) is 7.11 Å². The van der Waals surface area contributed by atoms with Gasteiger partial charge in [0.25, 0.3) is 0 Å². The van der Waals surface area contributed by atoms with E-state index in [-0.39, 0.29) is 0 Å². The van der Waals surface area contributed by atoms with Crippen LogP contribution in [0.3, 0.4) is 0 Å². The number of hydrogen-bond acceptors (Lipinski definition) is 3. The largest absolute Gasteiger partial charge is 0.497 e.